The fourth-order valence-electron chi connectivity index (χ4n) is 1.83. The first-order valence-electron chi connectivity index (χ1n) is 5.67. The minimum absolute atomic E-state index is 0.0456. The third-order valence-corrected chi connectivity index (χ3v) is 2.92. The quantitative estimate of drug-likeness (QED) is 0.693. The van der Waals surface area contributed by atoms with Gasteiger partial charge in [-0.2, -0.15) is 0 Å². The molecule has 0 bridgehead atoms. The molecule has 2 aromatic rings. The van der Waals surface area contributed by atoms with E-state index in [1.807, 2.05) is 0 Å². The van der Waals surface area contributed by atoms with Crippen molar-refractivity contribution in [1.82, 2.24) is 0 Å². The molecule has 106 valence electrons. The van der Waals surface area contributed by atoms with Crippen molar-refractivity contribution in [2.24, 2.45) is 5.73 Å². The SMILES string of the molecule is COc1ccc(C(N)c2cc(F)c(F)cc2F)c(F)c1. The largest absolute Gasteiger partial charge is 0.497 e. The third kappa shape index (κ3) is 2.60. The van der Waals surface area contributed by atoms with E-state index in [4.69, 9.17) is 10.5 Å². The molecule has 0 spiro atoms. The molecule has 6 heteroatoms. The molecule has 2 rings (SSSR count). The zero-order valence-corrected chi connectivity index (χ0v) is 10.5. The molecule has 0 aliphatic heterocycles. The first-order valence-corrected chi connectivity index (χ1v) is 5.67. The molecule has 0 amide bonds. The Morgan fingerprint density at radius 3 is 2.05 bits per heavy atom. The van der Waals surface area contributed by atoms with Gasteiger partial charge in [0.05, 0.1) is 13.2 Å². The van der Waals surface area contributed by atoms with Crippen molar-refractivity contribution in [3.63, 3.8) is 0 Å². The zero-order chi connectivity index (χ0) is 14.9. The van der Waals surface area contributed by atoms with E-state index in [-0.39, 0.29) is 16.9 Å². The summed E-state index contributed by atoms with van der Waals surface area (Å²) in [6.45, 7) is 0. The van der Waals surface area contributed by atoms with Crippen molar-refractivity contribution in [3.8, 4) is 5.75 Å². The van der Waals surface area contributed by atoms with Crippen LogP contribution >= 0.6 is 0 Å². The van der Waals surface area contributed by atoms with Crippen molar-refractivity contribution in [2.45, 2.75) is 6.04 Å². The third-order valence-electron chi connectivity index (χ3n) is 2.92. The molecule has 0 saturated carbocycles. The van der Waals surface area contributed by atoms with Gasteiger partial charge in [-0.25, -0.2) is 17.6 Å². The number of nitrogens with two attached hydrogens (primary N) is 1. The minimum atomic E-state index is -1.33. The van der Waals surface area contributed by atoms with Crippen LogP contribution in [0, 0.1) is 23.3 Å². The number of hydrogen-bond acceptors (Lipinski definition) is 2. The van der Waals surface area contributed by atoms with Gasteiger partial charge in [0, 0.05) is 23.3 Å². The normalized spacial score (nSPS) is 12.3. The Labute approximate surface area is 112 Å². The molecule has 0 radical (unpaired) electrons. The fourth-order valence-corrected chi connectivity index (χ4v) is 1.83. The first-order chi connectivity index (χ1) is 9.43. The molecule has 2 nitrogen and oxygen atoms in total. The minimum Gasteiger partial charge on any atom is -0.497 e. The van der Waals surface area contributed by atoms with Crippen molar-refractivity contribution in [3.05, 3.63) is 64.7 Å². The summed E-state index contributed by atoms with van der Waals surface area (Å²) in [5.74, 6) is -4.06. The summed E-state index contributed by atoms with van der Waals surface area (Å²) in [5.41, 5.74) is 5.35. The molecular formula is C14H11F4NO. The Morgan fingerprint density at radius 1 is 0.850 bits per heavy atom. The maximum Gasteiger partial charge on any atom is 0.161 e. The average molecular weight is 285 g/mol. The standard InChI is InChI=1S/C14H11F4NO/c1-20-7-2-3-8(10(15)4-7)14(19)9-5-12(17)13(18)6-11(9)16/h2-6,14H,19H2,1H3. The average Bonchev–Trinajstić information content (AvgIpc) is 2.42. The van der Waals surface area contributed by atoms with Crippen LogP contribution in [0.1, 0.15) is 17.2 Å². The smallest absolute Gasteiger partial charge is 0.161 e. The van der Waals surface area contributed by atoms with Crippen LogP contribution in [0.4, 0.5) is 17.6 Å². The van der Waals surface area contributed by atoms with Gasteiger partial charge < -0.3 is 10.5 Å². The summed E-state index contributed by atoms with van der Waals surface area (Å²) < 4.78 is 58.3. The highest BCUT2D eigenvalue weighted by atomic mass is 19.2. The number of hydrogen-bond donors (Lipinski definition) is 1. The van der Waals surface area contributed by atoms with Crippen LogP contribution in [-0.4, -0.2) is 7.11 Å². The van der Waals surface area contributed by atoms with Crippen LogP contribution in [0.2, 0.25) is 0 Å². The molecule has 0 heterocycles. The van der Waals surface area contributed by atoms with Gasteiger partial charge in [0.2, 0.25) is 0 Å². The number of methoxy groups -OCH3 is 1. The topological polar surface area (TPSA) is 35.2 Å². The summed E-state index contributed by atoms with van der Waals surface area (Å²) >= 11 is 0. The van der Waals surface area contributed by atoms with E-state index in [0.29, 0.717) is 12.1 Å². The second kappa shape index (κ2) is 5.50. The Morgan fingerprint density at radius 2 is 1.45 bits per heavy atom. The predicted molar refractivity (Wildman–Crippen MR) is 65.3 cm³/mol. The van der Waals surface area contributed by atoms with Crippen molar-refractivity contribution < 1.29 is 22.3 Å². The van der Waals surface area contributed by atoms with Gasteiger partial charge in [0.1, 0.15) is 17.4 Å². The maximum atomic E-state index is 13.8. The maximum absolute atomic E-state index is 13.8. The van der Waals surface area contributed by atoms with Crippen molar-refractivity contribution >= 4 is 0 Å². The van der Waals surface area contributed by atoms with Gasteiger partial charge >= 0.3 is 0 Å². The molecule has 0 aliphatic carbocycles. The van der Waals surface area contributed by atoms with Crippen LogP contribution in [0.15, 0.2) is 30.3 Å². The van der Waals surface area contributed by atoms with Crippen LogP contribution in [-0.2, 0) is 0 Å². The van der Waals surface area contributed by atoms with Crippen LogP contribution in [0.25, 0.3) is 0 Å². The Balaban J connectivity index is 2.46. The molecule has 2 aromatic carbocycles. The van der Waals surface area contributed by atoms with Crippen LogP contribution in [0.5, 0.6) is 5.75 Å². The zero-order valence-electron chi connectivity index (χ0n) is 10.5. The summed E-state index contributed by atoms with van der Waals surface area (Å²) in [5, 5.41) is 0. The molecular weight excluding hydrogens is 274 g/mol. The van der Waals surface area contributed by atoms with Gasteiger partial charge in [-0.15, -0.1) is 0 Å². The lowest BCUT2D eigenvalue weighted by Crippen LogP contribution is -2.16. The van der Waals surface area contributed by atoms with Gasteiger partial charge in [-0.05, 0) is 12.1 Å². The summed E-state index contributed by atoms with van der Waals surface area (Å²) in [4.78, 5) is 0. The molecule has 1 unspecified atom stereocenters. The summed E-state index contributed by atoms with van der Waals surface area (Å²) in [6, 6.07) is 3.57. The van der Waals surface area contributed by atoms with Gasteiger partial charge in [-0.1, -0.05) is 6.07 Å². The van der Waals surface area contributed by atoms with Gasteiger partial charge in [0.25, 0.3) is 0 Å². The second-order valence-corrected chi connectivity index (χ2v) is 4.15. The lowest BCUT2D eigenvalue weighted by Gasteiger charge is -2.15. The Kier molecular flexibility index (Phi) is 3.94. The van der Waals surface area contributed by atoms with E-state index in [0.717, 1.165) is 6.07 Å². The molecule has 0 fully saturated rings. The molecule has 1 atom stereocenters. The molecule has 0 aliphatic rings. The van der Waals surface area contributed by atoms with E-state index in [1.54, 1.807) is 0 Å². The van der Waals surface area contributed by atoms with E-state index in [2.05, 4.69) is 0 Å². The lowest BCUT2D eigenvalue weighted by molar-refractivity contribution is 0.410. The first kappa shape index (κ1) is 14.3. The van der Waals surface area contributed by atoms with Crippen molar-refractivity contribution in [1.29, 1.82) is 0 Å². The van der Waals surface area contributed by atoms with Crippen molar-refractivity contribution in [2.75, 3.05) is 7.11 Å². The predicted octanol–water partition coefficient (Wildman–Crippen LogP) is 3.30. The van der Waals surface area contributed by atoms with Gasteiger partial charge in [-0.3, -0.25) is 0 Å². The number of halogens is 4. The molecule has 2 N–H and O–H groups in total. The number of rotatable bonds is 3. The van der Waals surface area contributed by atoms with E-state index < -0.39 is 29.3 Å². The lowest BCUT2D eigenvalue weighted by atomic mass is 9.98. The van der Waals surface area contributed by atoms with E-state index >= 15 is 0 Å². The highest BCUT2D eigenvalue weighted by molar-refractivity contribution is 5.37. The Hall–Kier alpha value is -2.08. The van der Waals surface area contributed by atoms with Crippen LogP contribution < -0.4 is 10.5 Å². The van der Waals surface area contributed by atoms with E-state index in [9.17, 15) is 17.6 Å². The molecule has 0 aromatic heterocycles. The molecule has 0 saturated heterocycles. The highest BCUT2D eigenvalue weighted by Gasteiger charge is 2.20. The summed E-state index contributed by atoms with van der Waals surface area (Å²) in [6.07, 6.45) is 0. The van der Waals surface area contributed by atoms with E-state index in [1.165, 1.54) is 19.2 Å². The Bertz CT molecular complexity index is 645. The summed E-state index contributed by atoms with van der Waals surface area (Å²) in [7, 11) is 1.36. The number of ether oxygens (including phenoxy) is 1. The fraction of sp³-hybridized carbons (Fsp3) is 0.143. The molecule has 20 heavy (non-hydrogen) atoms. The monoisotopic (exact) mass is 285 g/mol. The highest BCUT2D eigenvalue weighted by Crippen LogP contribution is 2.28. The van der Waals surface area contributed by atoms with Crippen LogP contribution in [0.3, 0.4) is 0 Å². The second-order valence-electron chi connectivity index (χ2n) is 4.15. The van der Waals surface area contributed by atoms with Gasteiger partial charge in [0.15, 0.2) is 11.6 Å². The number of benzene rings is 2.